The number of hydrogen-bond donors (Lipinski definition) is 3. The number of H-pyrrole nitrogens is 1. The van der Waals surface area contributed by atoms with Crippen LogP contribution in [0.15, 0.2) is 10.2 Å². The quantitative estimate of drug-likeness (QED) is 0.712. The maximum Gasteiger partial charge on any atom is 0.304 e. The molecule has 1 aromatic rings. The minimum atomic E-state index is -3.30. The van der Waals surface area contributed by atoms with Crippen LogP contribution >= 0.6 is 11.3 Å². The highest BCUT2D eigenvalue weighted by Crippen LogP contribution is 2.08. The van der Waals surface area contributed by atoms with E-state index < -0.39 is 10.0 Å². The fourth-order valence-corrected chi connectivity index (χ4v) is 3.87. The molecule has 0 spiro atoms. The summed E-state index contributed by atoms with van der Waals surface area (Å²) in [5.74, 6) is 0.0986. The summed E-state index contributed by atoms with van der Waals surface area (Å²) in [6.45, 7) is 1.03. The van der Waals surface area contributed by atoms with Crippen LogP contribution in [0, 0.1) is 0 Å². The van der Waals surface area contributed by atoms with Gasteiger partial charge in [-0.25, -0.2) is 13.1 Å². The highest BCUT2D eigenvalue weighted by Gasteiger charge is 2.20. The highest BCUT2D eigenvalue weighted by atomic mass is 32.2. The van der Waals surface area contributed by atoms with Gasteiger partial charge in [-0.15, -0.1) is 0 Å². The number of hydrogen-bond acceptors (Lipinski definition) is 5. The Kier molecular flexibility index (Phi) is 4.55. The van der Waals surface area contributed by atoms with E-state index in [-0.39, 0.29) is 23.2 Å². The van der Waals surface area contributed by atoms with Gasteiger partial charge in [-0.05, 0) is 19.4 Å². The van der Waals surface area contributed by atoms with Gasteiger partial charge in [0.05, 0.1) is 12.3 Å². The molecule has 18 heavy (non-hydrogen) atoms. The summed E-state index contributed by atoms with van der Waals surface area (Å²) in [6.07, 6.45) is 3.08. The van der Waals surface area contributed by atoms with Crippen molar-refractivity contribution >= 4 is 21.4 Å². The first-order valence-electron chi connectivity index (χ1n) is 5.92. The summed E-state index contributed by atoms with van der Waals surface area (Å²) in [6, 6.07) is 0.0396. The predicted molar refractivity (Wildman–Crippen MR) is 71.2 cm³/mol. The Hall–Kier alpha value is -0.700. The molecule has 1 aliphatic heterocycles. The summed E-state index contributed by atoms with van der Waals surface area (Å²) < 4.78 is 26.2. The van der Waals surface area contributed by atoms with Crippen molar-refractivity contribution in [2.75, 3.05) is 12.3 Å². The minimum Gasteiger partial charge on any atom is -0.315 e. The van der Waals surface area contributed by atoms with E-state index in [1.807, 2.05) is 0 Å². The van der Waals surface area contributed by atoms with Crippen molar-refractivity contribution in [3.05, 3.63) is 20.7 Å². The lowest BCUT2D eigenvalue weighted by Gasteiger charge is -2.23. The summed E-state index contributed by atoms with van der Waals surface area (Å²) in [4.78, 5) is 13.3. The molecular weight excluding hydrogens is 274 g/mol. The lowest BCUT2D eigenvalue weighted by Crippen LogP contribution is -2.42. The lowest BCUT2D eigenvalue weighted by atomic mass is 10.1. The molecule has 3 N–H and O–H groups in total. The van der Waals surface area contributed by atoms with Crippen molar-refractivity contribution in [3.8, 4) is 0 Å². The van der Waals surface area contributed by atoms with E-state index in [4.69, 9.17) is 0 Å². The Morgan fingerprint density at radius 1 is 1.44 bits per heavy atom. The summed E-state index contributed by atoms with van der Waals surface area (Å²) in [5.41, 5.74) is 0.602. The molecule has 2 heterocycles. The zero-order valence-corrected chi connectivity index (χ0v) is 11.6. The van der Waals surface area contributed by atoms with Crippen LogP contribution in [0.4, 0.5) is 0 Å². The molecule has 6 nitrogen and oxygen atoms in total. The number of thiazole rings is 1. The molecule has 0 amide bonds. The zero-order chi connectivity index (χ0) is 13.0. The van der Waals surface area contributed by atoms with Crippen molar-refractivity contribution in [2.24, 2.45) is 0 Å². The maximum atomic E-state index is 11.8. The van der Waals surface area contributed by atoms with Gasteiger partial charge in [0.15, 0.2) is 0 Å². The van der Waals surface area contributed by atoms with Crippen LogP contribution in [0.1, 0.15) is 25.0 Å². The maximum absolute atomic E-state index is 11.8. The van der Waals surface area contributed by atoms with E-state index in [0.717, 1.165) is 37.1 Å². The molecule has 0 radical (unpaired) electrons. The van der Waals surface area contributed by atoms with E-state index in [1.165, 1.54) is 0 Å². The normalized spacial score (nSPS) is 21.0. The van der Waals surface area contributed by atoms with Crippen LogP contribution < -0.4 is 14.9 Å². The van der Waals surface area contributed by atoms with Crippen molar-refractivity contribution in [3.63, 3.8) is 0 Å². The zero-order valence-electron chi connectivity index (χ0n) is 9.94. The van der Waals surface area contributed by atoms with Gasteiger partial charge in [0.25, 0.3) is 0 Å². The Balaban J connectivity index is 1.85. The van der Waals surface area contributed by atoms with Gasteiger partial charge in [-0.3, -0.25) is 4.79 Å². The lowest BCUT2D eigenvalue weighted by molar-refractivity contribution is 0.422. The van der Waals surface area contributed by atoms with E-state index in [9.17, 15) is 13.2 Å². The van der Waals surface area contributed by atoms with Gasteiger partial charge >= 0.3 is 4.87 Å². The molecule has 0 bridgehead atoms. The van der Waals surface area contributed by atoms with Crippen LogP contribution in [0.25, 0.3) is 0 Å². The van der Waals surface area contributed by atoms with Gasteiger partial charge in [0.1, 0.15) is 0 Å². The summed E-state index contributed by atoms with van der Waals surface area (Å²) in [5, 5.41) is 4.83. The predicted octanol–water partition coefficient (Wildman–Crippen LogP) is -0.00210. The monoisotopic (exact) mass is 291 g/mol. The summed E-state index contributed by atoms with van der Waals surface area (Å²) >= 11 is 1.03. The van der Waals surface area contributed by atoms with Crippen LogP contribution in [-0.4, -0.2) is 31.7 Å². The largest absolute Gasteiger partial charge is 0.315 e. The number of aromatic nitrogens is 1. The van der Waals surface area contributed by atoms with Crippen LogP contribution in [-0.2, 0) is 16.6 Å². The smallest absolute Gasteiger partial charge is 0.304 e. The Bertz CT molecular complexity index is 529. The number of sulfonamides is 1. The van der Waals surface area contributed by atoms with E-state index in [1.54, 1.807) is 5.38 Å². The fourth-order valence-electron chi connectivity index (χ4n) is 1.98. The average molecular weight is 291 g/mol. The van der Waals surface area contributed by atoms with E-state index in [2.05, 4.69) is 15.0 Å². The van der Waals surface area contributed by atoms with Gasteiger partial charge in [-0.2, -0.15) is 0 Å². The molecule has 2 rings (SSSR count). The number of nitrogens with one attached hydrogen (secondary N) is 3. The van der Waals surface area contributed by atoms with Gasteiger partial charge in [0, 0.05) is 17.1 Å². The molecule has 1 unspecified atom stereocenters. The molecular formula is C10H17N3O3S2. The molecule has 8 heteroatoms. The second kappa shape index (κ2) is 5.96. The van der Waals surface area contributed by atoms with Crippen molar-refractivity contribution < 1.29 is 8.42 Å². The summed E-state index contributed by atoms with van der Waals surface area (Å²) in [7, 11) is -3.30. The van der Waals surface area contributed by atoms with E-state index in [0.29, 0.717) is 5.69 Å². The molecule has 0 aromatic carbocycles. The van der Waals surface area contributed by atoms with Gasteiger partial charge < -0.3 is 10.3 Å². The number of piperidine rings is 1. The molecule has 0 aliphatic carbocycles. The van der Waals surface area contributed by atoms with E-state index >= 15 is 0 Å². The molecule has 102 valence electrons. The van der Waals surface area contributed by atoms with Crippen molar-refractivity contribution in [2.45, 2.75) is 31.8 Å². The van der Waals surface area contributed by atoms with Crippen LogP contribution in [0.2, 0.25) is 0 Å². The topological polar surface area (TPSA) is 91.1 Å². The minimum absolute atomic E-state index is 0.0396. The number of aromatic amines is 1. The van der Waals surface area contributed by atoms with Gasteiger partial charge in [-0.1, -0.05) is 17.8 Å². The molecule has 1 saturated heterocycles. The Morgan fingerprint density at radius 3 is 2.89 bits per heavy atom. The SMILES string of the molecule is O=c1[nH]c(CNS(=O)(=O)CC2CCCCN2)cs1. The fraction of sp³-hybridized carbons (Fsp3) is 0.700. The van der Waals surface area contributed by atoms with Crippen molar-refractivity contribution in [1.82, 2.24) is 15.0 Å². The molecule has 1 aliphatic rings. The second-order valence-corrected chi connectivity index (χ2v) is 7.12. The molecule has 1 aromatic heterocycles. The first-order valence-corrected chi connectivity index (χ1v) is 8.46. The average Bonchev–Trinajstić information content (AvgIpc) is 2.74. The van der Waals surface area contributed by atoms with Crippen molar-refractivity contribution in [1.29, 1.82) is 0 Å². The third-order valence-corrected chi connectivity index (χ3v) is 5.03. The highest BCUT2D eigenvalue weighted by molar-refractivity contribution is 7.89. The Morgan fingerprint density at radius 2 is 2.28 bits per heavy atom. The second-order valence-electron chi connectivity index (χ2n) is 4.42. The number of rotatable bonds is 5. The first-order chi connectivity index (χ1) is 8.55. The molecule has 0 saturated carbocycles. The third-order valence-electron chi connectivity index (χ3n) is 2.89. The standard InChI is InChI=1S/C10H17N3O3S2/c14-10-13-9(6-17-10)5-12-18(15,16)7-8-3-1-2-4-11-8/h6,8,11-12H,1-5,7H2,(H,13,14). The molecule has 1 atom stereocenters. The van der Waals surface area contributed by atoms with Crippen LogP contribution in [0.3, 0.4) is 0 Å². The van der Waals surface area contributed by atoms with Crippen LogP contribution in [0.5, 0.6) is 0 Å². The third kappa shape index (κ3) is 4.20. The Labute approximate surface area is 110 Å². The van der Waals surface area contributed by atoms with Gasteiger partial charge in [0.2, 0.25) is 10.0 Å². The molecule has 1 fully saturated rings. The first kappa shape index (κ1) is 13.7.